The molecular weight excluding hydrogens is 238 g/mol. The van der Waals surface area contributed by atoms with Gasteiger partial charge in [0.2, 0.25) is 0 Å². The number of carbonyl (C=O) groups is 1. The van der Waals surface area contributed by atoms with E-state index in [-0.39, 0.29) is 6.61 Å². The molecular formula is C12H11NO3S. The molecule has 0 radical (unpaired) electrons. The largest absolute Gasteiger partial charge is 0.481 e. The molecule has 0 spiro atoms. The molecule has 0 saturated carbocycles. The number of hydrogen-bond acceptors (Lipinski definition) is 4. The smallest absolute Gasteiger partial charge is 0.341 e. The topological polar surface area (TPSA) is 59.4 Å². The Balaban J connectivity index is 2.24. The maximum Gasteiger partial charge on any atom is 0.341 e. The molecule has 0 aliphatic carbocycles. The molecule has 0 aliphatic heterocycles. The standard InChI is InChI=1S/C12H11NO3S/c1-8-10(16-6-11(14)15)7-17-12(8)9-2-4-13-5-3-9/h2-5,7H,6H2,1H3,(H,14,15). The average Bonchev–Trinajstić information content (AvgIpc) is 2.69. The zero-order valence-electron chi connectivity index (χ0n) is 9.21. The van der Waals surface area contributed by atoms with Gasteiger partial charge in [-0.05, 0) is 24.6 Å². The number of rotatable bonds is 4. The van der Waals surface area contributed by atoms with Gasteiger partial charge in [-0.25, -0.2) is 4.79 Å². The Morgan fingerprint density at radius 1 is 1.47 bits per heavy atom. The highest BCUT2D eigenvalue weighted by atomic mass is 32.1. The molecule has 0 unspecified atom stereocenters. The molecule has 0 aliphatic rings. The number of ether oxygens (including phenoxy) is 1. The molecule has 0 amide bonds. The van der Waals surface area contributed by atoms with E-state index in [0.717, 1.165) is 16.0 Å². The van der Waals surface area contributed by atoms with Crippen molar-refractivity contribution in [2.75, 3.05) is 6.61 Å². The van der Waals surface area contributed by atoms with Crippen molar-refractivity contribution < 1.29 is 14.6 Å². The van der Waals surface area contributed by atoms with Gasteiger partial charge in [-0.15, -0.1) is 11.3 Å². The van der Waals surface area contributed by atoms with Crippen LogP contribution in [0.15, 0.2) is 29.9 Å². The second-order valence-electron chi connectivity index (χ2n) is 3.47. The second-order valence-corrected chi connectivity index (χ2v) is 4.35. The van der Waals surface area contributed by atoms with Crippen LogP contribution >= 0.6 is 11.3 Å². The molecule has 0 fully saturated rings. The monoisotopic (exact) mass is 249 g/mol. The number of aromatic nitrogens is 1. The van der Waals surface area contributed by atoms with Crippen LogP contribution in [0.4, 0.5) is 0 Å². The third-order valence-corrected chi connectivity index (χ3v) is 3.40. The van der Waals surface area contributed by atoms with Crippen molar-refractivity contribution in [2.45, 2.75) is 6.92 Å². The first kappa shape index (κ1) is 11.6. The molecule has 2 aromatic heterocycles. The summed E-state index contributed by atoms with van der Waals surface area (Å²) < 4.78 is 5.20. The molecule has 0 bridgehead atoms. The Morgan fingerprint density at radius 2 is 2.18 bits per heavy atom. The minimum absolute atomic E-state index is 0.312. The maximum atomic E-state index is 10.4. The van der Waals surface area contributed by atoms with Gasteiger partial charge in [0.15, 0.2) is 6.61 Å². The van der Waals surface area contributed by atoms with E-state index >= 15 is 0 Å². The van der Waals surface area contributed by atoms with Crippen LogP contribution in [-0.2, 0) is 4.79 Å². The zero-order valence-corrected chi connectivity index (χ0v) is 10.0. The van der Waals surface area contributed by atoms with Crippen LogP contribution in [0.5, 0.6) is 5.75 Å². The van der Waals surface area contributed by atoms with Crippen LogP contribution in [0.1, 0.15) is 5.56 Å². The maximum absolute atomic E-state index is 10.4. The second kappa shape index (κ2) is 4.97. The van der Waals surface area contributed by atoms with E-state index in [2.05, 4.69) is 4.98 Å². The third-order valence-electron chi connectivity index (χ3n) is 2.29. The summed E-state index contributed by atoms with van der Waals surface area (Å²) >= 11 is 1.54. The molecule has 0 aromatic carbocycles. The van der Waals surface area contributed by atoms with Crippen molar-refractivity contribution in [1.29, 1.82) is 0 Å². The quantitative estimate of drug-likeness (QED) is 0.904. The molecule has 2 heterocycles. The van der Waals surface area contributed by atoms with E-state index in [1.807, 2.05) is 24.4 Å². The lowest BCUT2D eigenvalue weighted by Crippen LogP contribution is -2.09. The van der Waals surface area contributed by atoms with Gasteiger partial charge < -0.3 is 9.84 Å². The Kier molecular flexibility index (Phi) is 3.39. The minimum atomic E-state index is -0.971. The molecule has 88 valence electrons. The van der Waals surface area contributed by atoms with Crippen LogP contribution in [0, 0.1) is 6.92 Å². The SMILES string of the molecule is Cc1c(OCC(=O)O)csc1-c1ccncc1. The Hall–Kier alpha value is -1.88. The summed E-state index contributed by atoms with van der Waals surface area (Å²) in [5.41, 5.74) is 2.02. The van der Waals surface area contributed by atoms with Crippen molar-refractivity contribution in [3.05, 3.63) is 35.5 Å². The number of nitrogens with zero attached hydrogens (tertiary/aromatic N) is 1. The lowest BCUT2D eigenvalue weighted by Gasteiger charge is -2.03. The first-order valence-electron chi connectivity index (χ1n) is 5.01. The first-order chi connectivity index (χ1) is 8.18. The molecule has 0 saturated heterocycles. The molecule has 1 N–H and O–H groups in total. The molecule has 0 atom stereocenters. The summed E-state index contributed by atoms with van der Waals surface area (Å²) in [5.74, 6) is -0.342. The van der Waals surface area contributed by atoms with Crippen LogP contribution in [0.25, 0.3) is 10.4 Å². The van der Waals surface area contributed by atoms with Gasteiger partial charge in [-0.2, -0.15) is 0 Å². The van der Waals surface area contributed by atoms with Gasteiger partial charge >= 0.3 is 5.97 Å². The summed E-state index contributed by atoms with van der Waals surface area (Å²) in [6, 6.07) is 3.83. The normalized spacial score (nSPS) is 10.2. The van der Waals surface area contributed by atoms with Crippen LogP contribution in [-0.4, -0.2) is 22.7 Å². The zero-order chi connectivity index (χ0) is 12.3. The van der Waals surface area contributed by atoms with Crippen LogP contribution in [0.3, 0.4) is 0 Å². The summed E-state index contributed by atoms with van der Waals surface area (Å²) in [4.78, 5) is 15.5. The van der Waals surface area contributed by atoms with E-state index in [0.29, 0.717) is 5.75 Å². The molecule has 2 rings (SSSR count). The third kappa shape index (κ3) is 2.62. The Morgan fingerprint density at radius 3 is 2.82 bits per heavy atom. The van der Waals surface area contributed by atoms with Gasteiger partial charge in [-0.1, -0.05) is 0 Å². The Labute approximate surface area is 103 Å². The predicted molar refractivity (Wildman–Crippen MR) is 65.4 cm³/mol. The van der Waals surface area contributed by atoms with E-state index in [9.17, 15) is 4.79 Å². The highest BCUT2D eigenvalue weighted by molar-refractivity contribution is 7.14. The molecule has 17 heavy (non-hydrogen) atoms. The Bertz CT molecular complexity index is 522. The fourth-order valence-electron chi connectivity index (χ4n) is 1.47. The van der Waals surface area contributed by atoms with E-state index in [1.165, 1.54) is 11.3 Å². The van der Waals surface area contributed by atoms with Crippen molar-refractivity contribution in [3.63, 3.8) is 0 Å². The lowest BCUT2D eigenvalue weighted by molar-refractivity contribution is -0.139. The van der Waals surface area contributed by atoms with Crippen LogP contribution < -0.4 is 4.74 Å². The van der Waals surface area contributed by atoms with Gasteiger partial charge in [0.05, 0.1) is 0 Å². The highest BCUT2D eigenvalue weighted by Crippen LogP contribution is 2.36. The number of hydrogen-bond donors (Lipinski definition) is 1. The fourth-order valence-corrected chi connectivity index (χ4v) is 2.49. The number of carboxylic acids is 1. The van der Waals surface area contributed by atoms with Gasteiger partial charge in [0, 0.05) is 28.2 Å². The summed E-state index contributed by atoms with van der Waals surface area (Å²) in [5, 5.41) is 10.4. The molecule has 5 heteroatoms. The van der Waals surface area contributed by atoms with Gasteiger partial charge in [0.1, 0.15) is 5.75 Å². The van der Waals surface area contributed by atoms with E-state index < -0.39 is 5.97 Å². The first-order valence-corrected chi connectivity index (χ1v) is 5.89. The summed E-state index contributed by atoms with van der Waals surface area (Å²) in [6.45, 7) is 1.61. The van der Waals surface area contributed by atoms with Crippen molar-refractivity contribution in [3.8, 4) is 16.2 Å². The molecule has 2 aromatic rings. The van der Waals surface area contributed by atoms with Crippen molar-refractivity contribution in [1.82, 2.24) is 4.98 Å². The number of thiophene rings is 1. The number of pyridine rings is 1. The lowest BCUT2D eigenvalue weighted by atomic mass is 10.1. The highest BCUT2D eigenvalue weighted by Gasteiger charge is 2.11. The molecule has 4 nitrogen and oxygen atoms in total. The number of carboxylic acid groups (broad SMARTS) is 1. The predicted octanol–water partition coefficient (Wildman–Crippen LogP) is 2.58. The van der Waals surface area contributed by atoms with E-state index in [1.54, 1.807) is 12.4 Å². The van der Waals surface area contributed by atoms with Crippen molar-refractivity contribution >= 4 is 17.3 Å². The average molecular weight is 249 g/mol. The minimum Gasteiger partial charge on any atom is -0.481 e. The van der Waals surface area contributed by atoms with E-state index in [4.69, 9.17) is 9.84 Å². The van der Waals surface area contributed by atoms with Crippen LogP contribution in [0.2, 0.25) is 0 Å². The van der Waals surface area contributed by atoms with Crippen molar-refractivity contribution in [2.24, 2.45) is 0 Å². The van der Waals surface area contributed by atoms with Gasteiger partial charge in [0.25, 0.3) is 0 Å². The summed E-state index contributed by atoms with van der Waals surface area (Å²) in [6.07, 6.45) is 3.46. The number of aliphatic carboxylic acids is 1. The fraction of sp³-hybridized carbons (Fsp3) is 0.167. The summed E-state index contributed by atoms with van der Waals surface area (Å²) in [7, 11) is 0. The van der Waals surface area contributed by atoms with Gasteiger partial charge in [-0.3, -0.25) is 4.98 Å².